The Morgan fingerprint density at radius 3 is 2.89 bits per heavy atom. The predicted molar refractivity (Wildman–Crippen MR) is 73.1 cm³/mol. The van der Waals surface area contributed by atoms with Crippen molar-refractivity contribution in [3.63, 3.8) is 0 Å². The van der Waals surface area contributed by atoms with Crippen LogP contribution in [-0.2, 0) is 6.54 Å². The lowest BCUT2D eigenvalue weighted by atomic mass is 10.2. The Labute approximate surface area is 114 Å². The van der Waals surface area contributed by atoms with Gasteiger partial charge in [0, 0.05) is 24.0 Å². The van der Waals surface area contributed by atoms with Gasteiger partial charge in [0.05, 0.1) is 0 Å². The Balaban J connectivity index is 1.70. The first-order valence-corrected chi connectivity index (χ1v) is 6.78. The highest BCUT2D eigenvalue weighted by molar-refractivity contribution is 7.09. The molecule has 0 spiro atoms. The minimum absolute atomic E-state index is 0.351. The topological polar surface area (TPSA) is 76.7 Å². The standard InChI is InChI=1S/C12H13N5OS/c1-7(2)11-14-12(19-17-11)13-6-8-3-4-9-10(5-8)16-18-15-9/h3-5,7H,6H2,1-2H3,(H,13,14,17). The van der Waals surface area contributed by atoms with E-state index in [1.807, 2.05) is 18.2 Å². The van der Waals surface area contributed by atoms with Gasteiger partial charge >= 0.3 is 0 Å². The van der Waals surface area contributed by atoms with E-state index < -0.39 is 0 Å². The summed E-state index contributed by atoms with van der Waals surface area (Å²) in [5.74, 6) is 1.23. The van der Waals surface area contributed by atoms with Gasteiger partial charge in [-0.3, -0.25) is 0 Å². The lowest BCUT2D eigenvalue weighted by molar-refractivity contribution is 0.315. The molecule has 0 amide bonds. The van der Waals surface area contributed by atoms with Crippen molar-refractivity contribution in [1.29, 1.82) is 0 Å². The molecule has 2 heterocycles. The van der Waals surface area contributed by atoms with E-state index in [1.54, 1.807) is 0 Å². The summed E-state index contributed by atoms with van der Waals surface area (Å²) in [5.41, 5.74) is 2.63. The summed E-state index contributed by atoms with van der Waals surface area (Å²) in [4.78, 5) is 4.43. The maximum Gasteiger partial charge on any atom is 0.202 e. The van der Waals surface area contributed by atoms with Crippen molar-refractivity contribution in [3.05, 3.63) is 29.6 Å². The third-order valence-corrected chi connectivity index (χ3v) is 3.41. The molecule has 2 aromatic heterocycles. The normalized spacial score (nSPS) is 11.3. The number of fused-ring (bicyclic) bond motifs is 1. The molecule has 98 valence electrons. The van der Waals surface area contributed by atoms with Gasteiger partial charge in [0.2, 0.25) is 5.13 Å². The van der Waals surface area contributed by atoms with Crippen LogP contribution in [0, 0.1) is 0 Å². The second-order valence-corrected chi connectivity index (χ2v) is 5.31. The number of nitrogens with zero attached hydrogens (tertiary/aromatic N) is 4. The fourth-order valence-corrected chi connectivity index (χ4v) is 2.36. The number of nitrogens with one attached hydrogen (secondary N) is 1. The Hall–Kier alpha value is -2.02. The van der Waals surface area contributed by atoms with Gasteiger partial charge in [0.1, 0.15) is 16.9 Å². The van der Waals surface area contributed by atoms with Crippen LogP contribution in [0.25, 0.3) is 11.0 Å². The van der Waals surface area contributed by atoms with Crippen molar-refractivity contribution < 1.29 is 4.63 Å². The molecule has 0 aliphatic carbocycles. The maximum absolute atomic E-state index is 4.67. The number of rotatable bonds is 4. The fourth-order valence-electron chi connectivity index (χ4n) is 1.66. The third kappa shape index (κ3) is 2.55. The van der Waals surface area contributed by atoms with Gasteiger partial charge in [-0.2, -0.15) is 4.37 Å². The van der Waals surface area contributed by atoms with Crippen molar-refractivity contribution in [2.45, 2.75) is 26.3 Å². The molecule has 0 atom stereocenters. The molecule has 0 aliphatic heterocycles. The van der Waals surface area contributed by atoms with E-state index in [9.17, 15) is 0 Å². The van der Waals surface area contributed by atoms with Crippen molar-refractivity contribution in [3.8, 4) is 0 Å². The summed E-state index contributed by atoms with van der Waals surface area (Å²) < 4.78 is 8.97. The first-order chi connectivity index (χ1) is 9.22. The summed E-state index contributed by atoms with van der Waals surface area (Å²) in [5, 5.41) is 11.7. The number of hydrogen-bond acceptors (Lipinski definition) is 7. The second kappa shape index (κ2) is 4.93. The minimum Gasteiger partial charge on any atom is -0.356 e. The average molecular weight is 275 g/mol. The predicted octanol–water partition coefficient (Wildman–Crippen LogP) is 2.81. The van der Waals surface area contributed by atoms with Gasteiger partial charge in [-0.15, -0.1) is 0 Å². The van der Waals surface area contributed by atoms with Crippen molar-refractivity contribution in [2.75, 3.05) is 5.32 Å². The van der Waals surface area contributed by atoms with Crippen LogP contribution in [0.1, 0.15) is 31.2 Å². The monoisotopic (exact) mass is 275 g/mol. The number of benzene rings is 1. The molecule has 0 fully saturated rings. The molecule has 1 N–H and O–H groups in total. The SMILES string of the molecule is CC(C)c1nsc(NCc2ccc3nonc3c2)n1. The molecule has 7 heteroatoms. The van der Waals surface area contributed by atoms with E-state index >= 15 is 0 Å². The Bertz CT molecular complexity index is 690. The van der Waals surface area contributed by atoms with Crippen molar-refractivity contribution in [1.82, 2.24) is 19.7 Å². The highest BCUT2D eigenvalue weighted by Crippen LogP contribution is 2.18. The first-order valence-electron chi connectivity index (χ1n) is 6.01. The lowest BCUT2D eigenvalue weighted by Gasteiger charge is -2.01. The molecule has 19 heavy (non-hydrogen) atoms. The van der Waals surface area contributed by atoms with Gasteiger partial charge in [-0.1, -0.05) is 19.9 Å². The summed E-state index contributed by atoms with van der Waals surface area (Å²) in [7, 11) is 0. The van der Waals surface area contributed by atoms with Crippen LogP contribution in [0.15, 0.2) is 22.8 Å². The molecule has 3 rings (SSSR count). The number of anilines is 1. The Morgan fingerprint density at radius 1 is 1.26 bits per heavy atom. The van der Waals surface area contributed by atoms with Gasteiger partial charge in [-0.25, -0.2) is 9.61 Å². The van der Waals surface area contributed by atoms with E-state index in [2.05, 4.69) is 43.5 Å². The molecule has 0 aliphatic rings. The van der Waals surface area contributed by atoms with E-state index in [0.29, 0.717) is 12.5 Å². The molecule has 1 aromatic carbocycles. The Kier molecular flexibility index (Phi) is 3.12. The second-order valence-electron chi connectivity index (χ2n) is 4.55. The Morgan fingerprint density at radius 2 is 2.11 bits per heavy atom. The summed E-state index contributed by atoms with van der Waals surface area (Å²) >= 11 is 1.38. The first kappa shape index (κ1) is 12.0. The summed E-state index contributed by atoms with van der Waals surface area (Å²) in [6.45, 7) is 4.84. The van der Waals surface area contributed by atoms with Crippen molar-refractivity contribution in [2.24, 2.45) is 0 Å². The summed E-state index contributed by atoms with van der Waals surface area (Å²) in [6.07, 6.45) is 0. The van der Waals surface area contributed by atoms with Gasteiger partial charge in [0.25, 0.3) is 0 Å². The van der Waals surface area contributed by atoms with Crippen LogP contribution in [-0.4, -0.2) is 19.7 Å². The van der Waals surface area contributed by atoms with Crippen LogP contribution in [0.2, 0.25) is 0 Å². The van der Waals surface area contributed by atoms with Gasteiger partial charge in [-0.05, 0) is 28.0 Å². The number of hydrogen-bond donors (Lipinski definition) is 1. The van der Waals surface area contributed by atoms with E-state index in [0.717, 1.165) is 27.6 Å². The molecule has 0 radical (unpaired) electrons. The fraction of sp³-hybridized carbons (Fsp3) is 0.333. The van der Waals surface area contributed by atoms with Crippen LogP contribution >= 0.6 is 11.5 Å². The smallest absolute Gasteiger partial charge is 0.202 e. The third-order valence-electron chi connectivity index (χ3n) is 2.72. The highest BCUT2D eigenvalue weighted by Gasteiger charge is 2.07. The zero-order valence-corrected chi connectivity index (χ0v) is 11.4. The van der Waals surface area contributed by atoms with Crippen LogP contribution in [0.3, 0.4) is 0 Å². The van der Waals surface area contributed by atoms with E-state index in [-0.39, 0.29) is 0 Å². The molecule has 3 aromatic rings. The molecule has 0 unspecified atom stereocenters. The largest absolute Gasteiger partial charge is 0.356 e. The van der Waals surface area contributed by atoms with Crippen molar-refractivity contribution >= 4 is 27.7 Å². The minimum atomic E-state index is 0.351. The van der Waals surface area contributed by atoms with Crippen LogP contribution in [0.5, 0.6) is 0 Å². The molecule has 0 bridgehead atoms. The molecule has 0 saturated carbocycles. The van der Waals surface area contributed by atoms with Gasteiger partial charge in [0.15, 0.2) is 0 Å². The van der Waals surface area contributed by atoms with Crippen LogP contribution < -0.4 is 5.32 Å². The molecule has 6 nitrogen and oxygen atoms in total. The van der Waals surface area contributed by atoms with Crippen LogP contribution in [0.4, 0.5) is 5.13 Å². The highest BCUT2D eigenvalue weighted by atomic mass is 32.1. The molecular formula is C12H13N5OS. The molecular weight excluding hydrogens is 262 g/mol. The number of aromatic nitrogens is 4. The van der Waals surface area contributed by atoms with E-state index in [4.69, 9.17) is 0 Å². The lowest BCUT2D eigenvalue weighted by Crippen LogP contribution is -1.99. The maximum atomic E-state index is 4.67. The quantitative estimate of drug-likeness (QED) is 0.789. The zero-order valence-electron chi connectivity index (χ0n) is 10.6. The summed E-state index contributed by atoms with van der Waals surface area (Å²) in [6, 6.07) is 5.83. The average Bonchev–Trinajstić information content (AvgIpc) is 3.04. The zero-order chi connectivity index (χ0) is 13.2. The van der Waals surface area contributed by atoms with E-state index in [1.165, 1.54) is 11.5 Å². The van der Waals surface area contributed by atoms with Gasteiger partial charge < -0.3 is 5.32 Å². The molecule has 0 saturated heterocycles.